The number of benzene rings is 3. The number of anilines is 1. The average molecular weight is 655 g/mol. The van der Waals surface area contributed by atoms with Gasteiger partial charge >= 0.3 is 11.9 Å². The molecule has 1 aromatic heterocycles. The number of aliphatic hydroxyl groups is 1. The van der Waals surface area contributed by atoms with E-state index >= 15 is 0 Å². The maximum absolute atomic E-state index is 13.8. The molecule has 1 saturated heterocycles. The molecule has 1 N–H and O–H groups in total. The second-order valence-corrected chi connectivity index (χ2v) is 12.1. The molecule has 0 spiro atoms. The fraction of sp³-hybridized carbons (Fsp3) is 0.278. The molecule has 0 bridgehead atoms. The summed E-state index contributed by atoms with van der Waals surface area (Å²) in [4.78, 5) is 46.3. The quantitative estimate of drug-likeness (QED) is 0.0877. The molecule has 3 heterocycles. The zero-order valence-corrected chi connectivity index (χ0v) is 27.3. The zero-order chi connectivity index (χ0) is 33.2. The summed E-state index contributed by atoms with van der Waals surface area (Å²) in [5.74, 6) is -1.10. The molecule has 2 aliphatic heterocycles. The number of aliphatic hydroxyl groups excluding tert-OH is 1. The van der Waals surface area contributed by atoms with E-state index in [4.69, 9.17) is 18.9 Å². The van der Waals surface area contributed by atoms with E-state index in [1.54, 1.807) is 50.2 Å². The van der Waals surface area contributed by atoms with Gasteiger partial charge in [-0.1, -0.05) is 47.7 Å². The summed E-state index contributed by atoms with van der Waals surface area (Å²) < 4.78 is 23.1. The average Bonchev–Trinajstić information content (AvgIpc) is 3.72. The van der Waals surface area contributed by atoms with Crippen molar-refractivity contribution in [3.05, 3.63) is 105 Å². The number of thiazole rings is 1. The van der Waals surface area contributed by atoms with Crippen molar-refractivity contribution in [1.29, 1.82) is 0 Å². The van der Waals surface area contributed by atoms with Gasteiger partial charge in [-0.25, -0.2) is 9.78 Å². The normalized spacial score (nSPS) is 18.2. The van der Waals surface area contributed by atoms with Crippen molar-refractivity contribution in [2.24, 2.45) is 0 Å². The van der Waals surface area contributed by atoms with E-state index in [-0.39, 0.29) is 34.1 Å². The summed E-state index contributed by atoms with van der Waals surface area (Å²) in [5, 5.41) is 11.9. The monoisotopic (exact) mass is 654 g/mol. The number of nitrogens with zero attached hydrogens (tertiary/aromatic N) is 2. The summed E-state index contributed by atoms with van der Waals surface area (Å²) in [6.07, 6.45) is 0.625. The van der Waals surface area contributed by atoms with Crippen LogP contribution >= 0.6 is 11.3 Å². The first-order chi connectivity index (χ1) is 22.7. The van der Waals surface area contributed by atoms with Gasteiger partial charge < -0.3 is 24.1 Å². The molecule has 11 heteroatoms. The number of Topliss-reactive ketones (excluding diaryl/α,β-unsaturated/α-hetero) is 1. The van der Waals surface area contributed by atoms with Crippen molar-refractivity contribution in [2.45, 2.75) is 52.9 Å². The topological polar surface area (TPSA) is 124 Å². The van der Waals surface area contributed by atoms with E-state index < -0.39 is 23.7 Å². The minimum absolute atomic E-state index is 0.0191. The van der Waals surface area contributed by atoms with Crippen molar-refractivity contribution in [2.75, 3.05) is 18.1 Å². The van der Waals surface area contributed by atoms with Gasteiger partial charge in [0.05, 0.1) is 30.5 Å². The minimum atomic E-state index is -1.10. The number of hydrogen-bond donors (Lipinski definition) is 1. The zero-order valence-electron chi connectivity index (χ0n) is 26.4. The first kappa shape index (κ1) is 31.8. The highest BCUT2D eigenvalue weighted by Crippen LogP contribution is 2.46. The van der Waals surface area contributed by atoms with Crippen LogP contribution in [0.3, 0.4) is 0 Å². The molecule has 47 heavy (non-hydrogen) atoms. The van der Waals surface area contributed by atoms with Crippen LogP contribution in [-0.2, 0) is 27.4 Å². The molecule has 0 saturated carbocycles. The summed E-state index contributed by atoms with van der Waals surface area (Å²) in [7, 11) is 0. The number of esters is 1. The number of aromatic nitrogens is 1. The van der Waals surface area contributed by atoms with Gasteiger partial charge in [0.2, 0.25) is 0 Å². The number of rotatable bonds is 10. The van der Waals surface area contributed by atoms with Gasteiger partial charge in [0.15, 0.2) is 16.6 Å². The van der Waals surface area contributed by atoms with Gasteiger partial charge in [-0.15, -0.1) is 0 Å². The minimum Gasteiger partial charge on any atom is -0.507 e. The lowest BCUT2D eigenvalue weighted by atomic mass is 9.94. The molecule has 10 nitrogen and oxygen atoms in total. The number of fused-ring (bicyclic) bond motifs is 1. The van der Waals surface area contributed by atoms with E-state index in [1.165, 1.54) is 4.90 Å². The molecule has 3 aromatic carbocycles. The van der Waals surface area contributed by atoms with Gasteiger partial charge in [0.1, 0.15) is 29.1 Å². The van der Waals surface area contributed by atoms with Crippen molar-refractivity contribution >= 4 is 39.9 Å². The molecule has 1 amide bonds. The standard InChI is InChI=1S/C36H34N2O8S/c1-5-43-28-18-23(12-15-27(28)45-19-22-10-8-7-9-11-22)30-29(31(39)24-13-14-26-25(17-24)16-20(3)46-26)32(40)34(41)38(30)36-37-21(4)33(47-36)35(42)44-6-2/h7-15,17-18,20,30,39H,5-6,16,19H2,1-4H3/t20-,30+/m1/s1. The number of hydrogen-bond acceptors (Lipinski definition) is 10. The molecule has 0 aliphatic carbocycles. The van der Waals surface area contributed by atoms with Gasteiger partial charge in [-0.2, -0.15) is 0 Å². The molecule has 242 valence electrons. The first-order valence-electron chi connectivity index (χ1n) is 15.4. The number of carbonyl (C=O) groups is 3. The Morgan fingerprint density at radius 1 is 1.02 bits per heavy atom. The van der Waals surface area contributed by atoms with Crippen LogP contribution in [-0.4, -0.2) is 47.1 Å². The summed E-state index contributed by atoms with van der Waals surface area (Å²) >= 11 is 0.949. The molecule has 2 aliphatic rings. The summed E-state index contributed by atoms with van der Waals surface area (Å²) in [6, 6.07) is 18.9. The van der Waals surface area contributed by atoms with Crippen LogP contribution in [0.5, 0.6) is 17.2 Å². The Bertz CT molecular complexity index is 1880. The lowest BCUT2D eigenvalue weighted by Crippen LogP contribution is -2.29. The van der Waals surface area contributed by atoms with E-state index in [0.717, 1.165) is 22.5 Å². The number of ether oxygens (including phenoxy) is 4. The summed E-state index contributed by atoms with van der Waals surface area (Å²) in [6.45, 7) is 7.92. The van der Waals surface area contributed by atoms with Crippen molar-refractivity contribution < 1.29 is 38.4 Å². The predicted octanol–water partition coefficient (Wildman–Crippen LogP) is 6.56. The van der Waals surface area contributed by atoms with E-state index in [9.17, 15) is 19.5 Å². The molecule has 2 atom stereocenters. The Balaban J connectivity index is 1.47. The SMILES string of the molecule is CCOC(=O)c1sc(N2C(=O)C(=O)C(=C(O)c3ccc4c(c3)C[C@@H](C)O4)[C@@H]2c2ccc(OCc3ccccc3)c(OCC)c2)nc1C. The molecule has 6 rings (SSSR count). The molecule has 4 aromatic rings. The van der Waals surface area contributed by atoms with E-state index in [1.807, 2.05) is 44.2 Å². The number of aryl methyl sites for hydroxylation is 1. The second-order valence-electron chi connectivity index (χ2n) is 11.2. The van der Waals surface area contributed by atoms with Gasteiger partial charge in [-0.05, 0) is 74.7 Å². The van der Waals surface area contributed by atoms with Gasteiger partial charge in [-0.3, -0.25) is 14.5 Å². The van der Waals surface area contributed by atoms with Crippen molar-refractivity contribution in [3.8, 4) is 17.2 Å². The fourth-order valence-corrected chi connectivity index (χ4v) is 6.75. The molecular weight excluding hydrogens is 620 g/mol. The highest BCUT2D eigenvalue weighted by Gasteiger charge is 2.49. The Kier molecular flexibility index (Phi) is 8.99. The maximum Gasteiger partial charge on any atom is 0.350 e. The van der Waals surface area contributed by atoms with Crippen LogP contribution in [0, 0.1) is 6.92 Å². The molecule has 0 radical (unpaired) electrons. The third kappa shape index (κ3) is 6.18. The van der Waals surface area contributed by atoms with E-state index in [0.29, 0.717) is 53.7 Å². The predicted molar refractivity (Wildman–Crippen MR) is 176 cm³/mol. The molecule has 0 unspecified atom stereocenters. The molecule has 1 fully saturated rings. The maximum atomic E-state index is 13.8. The lowest BCUT2D eigenvalue weighted by molar-refractivity contribution is -0.132. The van der Waals surface area contributed by atoms with Crippen LogP contribution < -0.4 is 19.1 Å². The van der Waals surface area contributed by atoms with Crippen LogP contribution in [0.25, 0.3) is 5.76 Å². The Morgan fingerprint density at radius 3 is 2.55 bits per heavy atom. The van der Waals surface area contributed by atoms with Crippen LogP contribution in [0.2, 0.25) is 0 Å². The third-order valence-corrected chi connectivity index (χ3v) is 9.02. The van der Waals surface area contributed by atoms with Crippen molar-refractivity contribution in [1.82, 2.24) is 4.98 Å². The Hall–Kier alpha value is -5.16. The van der Waals surface area contributed by atoms with Crippen LogP contribution in [0.15, 0.2) is 72.3 Å². The Labute approximate surface area is 276 Å². The number of ketones is 1. The number of carbonyl (C=O) groups excluding carboxylic acids is 3. The first-order valence-corrected chi connectivity index (χ1v) is 16.2. The summed E-state index contributed by atoms with van der Waals surface area (Å²) in [5.41, 5.74) is 2.95. The smallest absolute Gasteiger partial charge is 0.350 e. The Morgan fingerprint density at radius 2 is 1.81 bits per heavy atom. The lowest BCUT2D eigenvalue weighted by Gasteiger charge is -2.24. The molecular formula is C36H34N2O8S. The second kappa shape index (κ2) is 13.3. The van der Waals surface area contributed by atoms with Crippen LogP contribution in [0.1, 0.15) is 64.4 Å². The van der Waals surface area contributed by atoms with E-state index in [2.05, 4.69) is 4.98 Å². The van der Waals surface area contributed by atoms with Crippen LogP contribution in [0.4, 0.5) is 5.13 Å². The number of amides is 1. The van der Waals surface area contributed by atoms with Gasteiger partial charge in [0.25, 0.3) is 5.78 Å². The highest BCUT2D eigenvalue weighted by atomic mass is 32.1. The fourth-order valence-electron chi connectivity index (χ4n) is 5.76. The van der Waals surface area contributed by atoms with Gasteiger partial charge in [0, 0.05) is 12.0 Å². The largest absolute Gasteiger partial charge is 0.507 e. The highest BCUT2D eigenvalue weighted by molar-refractivity contribution is 7.17. The third-order valence-electron chi connectivity index (χ3n) is 7.89. The van der Waals surface area contributed by atoms with Crippen molar-refractivity contribution in [3.63, 3.8) is 0 Å².